The Morgan fingerprint density at radius 3 is 2.72 bits per heavy atom. The number of rotatable bonds is 3. The van der Waals surface area contributed by atoms with Crippen molar-refractivity contribution in [1.82, 2.24) is 9.29 Å². The van der Waals surface area contributed by atoms with E-state index in [9.17, 15) is 8.42 Å². The molecule has 0 amide bonds. The van der Waals surface area contributed by atoms with E-state index in [1.54, 1.807) is 23.5 Å². The third kappa shape index (κ3) is 2.22. The predicted molar refractivity (Wildman–Crippen MR) is 71.0 cm³/mol. The lowest BCUT2D eigenvalue weighted by molar-refractivity contribution is 0.291. The first-order chi connectivity index (χ1) is 8.38. The van der Waals surface area contributed by atoms with E-state index in [1.807, 2.05) is 13.8 Å². The van der Waals surface area contributed by atoms with Crippen LogP contribution in [0.15, 0.2) is 23.2 Å². The Hall–Kier alpha value is -1.14. The van der Waals surface area contributed by atoms with Crippen molar-refractivity contribution >= 4 is 15.8 Å². The Kier molecular flexibility index (Phi) is 3.33. The molecule has 1 saturated heterocycles. The minimum atomic E-state index is -3.43. The maximum atomic E-state index is 12.6. The summed E-state index contributed by atoms with van der Waals surface area (Å²) in [5.74, 6) is 0.563. The molecule has 5 nitrogen and oxygen atoms in total. The summed E-state index contributed by atoms with van der Waals surface area (Å²) in [7, 11) is -1.70. The van der Waals surface area contributed by atoms with E-state index in [0.717, 1.165) is 12.8 Å². The van der Waals surface area contributed by atoms with Crippen LogP contribution < -0.4 is 5.32 Å². The Morgan fingerprint density at radius 2 is 2.17 bits per heavy atom. The van der Waals surface area contributed by atoms with Crippen molar-refractivity contribution in [1.29, 1.82) is 0 Å². The molecule has 0 aromatic carbocycles. The SMILES string of the molecule is CNc1cc(S(=O)(=O)N2CCCC2(C)C)ccn1. The molecule has 1 aliphatic rings. The number of hydrogen-bond donors (Lipinski definition) is 1. The highest BCUT2D eigenvalue weighted by molar-refractivity contribution is 7.89. The third-order valence-electron chi connectivity index (χ3n) is 3.40. The fourth-order valence-electron chi connectivity index (χ4n) is 2.36. The summed E-state index contributed by atoms with van der Waals surface area (Å²) < 4.78 is 26.8. The van der Waals surface area contributed by atoms with Gasteiger partial charge in [0.25, 0.3) is 0 Å². The Labute approximate surface area is 108 Å². The van der Waals surface area contributed by atoms with Gasteiger partial charge in [0.2, 0.25) is 10.0 Å². The summed E-state index contributed by atoms with van der Waals surface area (Å²) in [6.07, 6.45) is 3.33. The van der Waals surface area contributed by atoms with Crippen molar-refractivity contribution in [2.45, 2.75) is 37.1 Å². The van der Waals surface area contributed by atoms with Gasteiger partial charge in [-0.3, -0.25) is 0 Å². The van der Waals surface area contributed by atoms with E-state index in [2.05, 4.69) is 10.3 Å². The zero-order chi connectivity index (χ0) is 13.4. The molecule has 0 unspecified atom stereocenters. The zero-order valence-electron chi connectivity index (χ0n) is 11.0. The van der Waals surface area contributed by atoms with Crippen LogP contribution in [0.25, 0.3) is 0 Å². The molecular weight excluding hydrogens is 250 g/mol. The van der Waals surface area contributed by atoms with Crippen molar-refractivity contribution < 1.29 is 8.42 Å². The molecule has 1 aromatic heterocycles. The average molecular weight is 269 g/mol. The zero-order valence-corrected chi connectivity index (χ0v) is 11.8. The van der Waals surface area contributed by atoms with Gasteiger partial charge in [0, 0.05) is 31.4 Å². The van der Waals surface area contributed by atoms with Crippen LogP contribution in [0.5, 0.6) is 0 Å². The Morgan fingerprint density at radius 1 is 1.44 bits per heavy atom. The van der Waals surface area contributed by atoms with E-state index in [-0.39, 0.29) is 5.54 Å². The first-order valence-corrected chi connectivity index (χ1v) is 7.48. The summed E-state index contributed by atoms with van der Waals surface area (Å²) in [5.41, 5.74) is -0.304. The monoisotopic (exact) mass is 269 g/mol. The molecule has 0 aliphatic carbocycles. The first-order valence-electron chi connectivity index (χ1n) is 6.04. The molecule has 18 heavy (non-hydrogen) atoms. The Bertz CT molecular complexity index is 540. The quantitative estimate of drug-likeness (QED) is 0.907. The maximum Gasteiger partial charge on any atom is 0.243 e. The molecule has 2 heterocycles. The highest BCUT2D eigenvalue weighted by Gasteiger charge is 2.40. The molecular formula is C12H19N3O2S. The molecule has 1 fully saturated rings. The van der Waals surface area contributed by atoms with Crippen LogP contribution in [-0.4, -0.2) is 36.8 Å². The van der Waals surface area contributed by atoms with E-state index in [4.69, 9.17) is 0 Å². The third-order valence-corrected chi connectivity index (χ3v) is 5.51. The van der Waals surface area contributed by atoms with Crippen LogP contribution in [-0.2, 0) is 10.0 Å². The molecule has 2 rings (SSSR count). The predicted octanol–water partition coefficient (Wildman–Crippen LogP) is 1.69. The second-order valence-corrected chi connectivity index (χ2v) is 6.98. The smallest absolute Gasteiger partial charge is 0.243 e. The lowest BCUT2D eigenvalue weighted by atomic mass is 10.0. The minimum absolute atomic E-state index is 0.303. The summed E-state index contributed by atoms with van der Waals surface area (Å²) >= 11 is 0. The standard InChI is InChI=1S/C12H19N3O2S/c1-12(2)6-4-8-15(12)18(16,17)10-5-7-14-11(9-10)13-3/h5,7,9H,4,6,8H2,1-3H3,(H,13,14). The first kappa shape index (κ1) is 13.3. The summed E-state index contributed by atoms with van der Waals surface area (Å²) in [4.78, 5) is 4.34. The summed E-state index contributed by atoms with van der Waals surface area (Å²) in [6.45, 7) is 4.53. The van der Waals surface area contributed by atoms with E-state index in [1.165, 1.54) is 6.20 Å². The lowest BCUT2D eigenvalue weighted by Crippen LogP contribution is -2.42. The van der Waals surface area contributed by atoms with Crippen LogP contribution in [0.4, 0.5) is 5.82 Å². The van der Waals surface area contributed by atoms with E-state index in [0.29, 0.717) is 17.3 Å². The van der Waals surface area contributed by atoms with Gasteiger partial charge in [-0.25, -0.2) is 13.4 Å². The average Bonchev–Trinajstić information content (AvgIpc) is 2.69. The Balaban J connectivity index is 2.42. The van der Waals surface area contributed by atoms with Crippen molar-refractivity contribution in [2.75, 3.05) is 18.9 Å². The number of anilines is 1. The van der Waals surface area contributed by atoms with Crippen LogP contribution >= 0.6 is 0 Å². The number of aromatic nitrogens is 1. The normalized spacial score (nSPS) is 19.9. The molecule has 1 aromatic rings. The number of sulfonamides is 1. The molecule has 0 radical (unpaired) electrons. The number of nitrogens with one attached hydrogen (secondary N) is 1. The number of nitrogens with zero attached hydrogens (tertiary/aromatic N) is 2. The van der Waals surface area contributed by atoms with Gasteiger partial charge in [-0.15, -0.1) is 0 Å². The van der Waals surface area contributed by atoms with E-state index < -0.39 is 10.0 Å². The fraction of sp³-hybridized carbons (Fsp3) is 0.583. The van der Waals surface area contributed by atoms with Crippen LogP contribution in [0.2, 0.25) is 0 Å². The molecule has 100 valence electrons. The van der Waals surface area contributed by atoms with Crippen molar-refractivity contribution in [3.05, 3.63) is 18.3 Å². The summed E-state index contributed by atoms with van der Waals surface area (Å²) in [6, 6.07) is 3.12. The van der Waals surface area contributed by atoms with Gasteiger partial charge >= 0.3 is 0 Å². The van der Waals surface area contributed by atoms with Crippen LogP contribution in [0.1, 0.15) is 26.7 Å². The van der Waals surface area contributed by atoms with Gasteiger partial charge in [-0.2, -0.15) is 4.31 Å². The van der Waals surface area contributed by atoms with Crippen molar-refractivity contribution in [2.24, 2.45) is 0 Å². The molecule has 0 atom stereocenters. The van der Waals surface area contributed by atoms with E-state index >= 15 is 0 Å². The fourth-order valence-corrected chi connectivity index (χ4v) is 4.22. The van der Waals surface area contributed by atoms with Crippen LogP contribution in [0.3, 0.4) is 0 Å². The van der Waals surface area contributed by atoms with Gasteiger partial charge in [-0.1, -0.05) is 0 Å². The summed E-state index contributed by atoms with van der Waals surface area (Å²) in [5, 5.41) is 2.86. The molecule has 6 heteroatoms. The van der Waals surface area contributed by atoms with Gasteiger partial charge in [0.1, 0.15) is 5.82 Å². The molecule has 1 N–H and O–H groups in total. The largest absolute Gasteiger partial charge is 0.373 e. The number of pyridine rings is 1. The van der Waals surface area contributed by atoms with Gasteiger partial charge in [0.15, 0.2) is 0 Å². The van der Waals surface area contributed by atoms with Gasteiger partial charge in [-0.05, 0) is 32.8 Å². The number of hydrogen-bond acceptors (Lipinski definition) is 4. The second-order valence-electron chi connectivity index (χ2n) is 5.12. The van der Waals surface area contributed by atoms with Crippen LogP contribution in [0, 0.1) is 0 Å². The molecule has 0 saturated carbocycles. The highest BCUT2D eigenvalue weighted by atomic mass is 32.2. The van der Waals surface area contributed by atoms with Crippen molar-refractivity contribution in [3.63, 3.8) is 0 Å². The van der Waals surface area contributed by atoms with Crippen molar-refractivity contribution in [3.8, 4) is 0 Å². The van der Waals surface area contributed by atoms with Gasteiger partial charge < -0.3 is 5.32 Å². The highest BCUT2D eigenvalue weighted by Crippen LogP contribution is 2.34. The topological polar surface area (TPSA) is 62.3 Å². The minimum Gasteiger partial charge on any atom is -0.373 e. The van der Waals surface area contributed by atoms with Gasteiger partial charge in [0.05, 0.1) is 4.90 Å². The lowest BCUT2D eigenvalue weighted by Gasteiger charge is -2.30. The second kappa shape index (κ2) is 4.51. The molecule has 0 spiro atoms. The maximum absolute atomic E-state index is 12.6. The molecule has 0 bridgehead atoms. The molecule has 1 aliphatic heterocycles.